The van der Waals surface area contributed by atoms with Gasteiger partial charge in [0.2, 0.25) is 0 Å². The molecule has 104 valence electrons. The summed E-state index contributed by atoms with van der Waals surface area (Å²) in [7, 11) is 1.85. The van der Waals surface area contributed by atoms with Gasteiger partial charge in [-0.05, 0) is 35.9 Å². The average Bonchev–Trinajstić information content (AvgIpc) is 2.82. The lowest BCUT2D eigenvalue weighted by Gasteiger charge is -2.06. The summed E-state index contributed by atoms with van der Waals surface area (Å²) in [4.78, 5) is 10.5. The predicted molar refractivity (Wildman–Crippen MR) is 78.4 cm³/mol. The van der Waals surface area contributed by atoms with E-state index >= 15 is 0 Å². The smallest absolute Gasteiger partial charge is 0.328 e. The van der Waals surface area contributed by atoms with Crippen molar-refractivity contribution in [3.8, 4) is 5.75 Å². The molecule has 0 saturated heterocycles. The standard InChI is InChI=1S/C14H13BrN2O3/c1-17-7-6-11(16-17)9-20-12-3-4-13(15)10(8-12)2-5-14(18)19/h2-8H,9H2,1H3,(H,18,19)/b5-2+. The van der Waals surface area contributed by atoms with Crippen LogP contribution in [0.3, 0.4) is 0 Å². The van der Waals surface area contributed by atoms with Crippen molar-refractivity contribution in [2.75, 3.05) is 0 Å². The van der Waals surface area contributed by atoms with Crippen molar-refractivity contribution >= 4 is 28.0 Å². The molecule has 0 aliphatic carbocycles. The summed E-state index contributed by atoms with van der Waals surface area (Å²) in [6.45, 7) is 0.366. The Kier molecular flexibility index (Phi) is 4.57. The molecule has 0 unspecified atom stereocenters. The van der Waals surface area contributed by atoms with Crippen molar-refractivity contribution in [3.63, 3.8) is 0 Å². The Balaban J connectivity index is 2.08. The van der Waals surface area contributed by atoms with E-state index in [2.05, 4.69) is 21.0 Å². The van der Waals surface area contributed by atoms with Gasteiger partial charge in [0.05, 0.1) is 5.69 Å². The third kappa shape index (κ3) is 3.96. The number of carbonyl (C=O) groups is 1. The van der Waals surface area contributed by atoms with Crippen LogP contribution in [0.15, 0.2) is 41.0 Å². The van der Waals surface area contributed by atoms with Crippen LogP contribution in [0.25, 0.3) is 6.08 Å². The molecule has 0 amide bonds. The maximum atomic E-state index is 10.5. The summed E-state index contributed by atoms with van der Waals surface area (Å²) >= 11 is 3.36. The number of hydrogen-bond donors (Lipinski definition) is 1. The van der Waals surface area contributed by atoms with Gasteiger partial charge in [-0.3, -0.25) is 4.68 Å². The molecule has 1 aromatic heterocycles. The lowest BCUT2D eigenvalue weighted by molar-refractivity contribution is -0.131. The summed E-state index contributed by atoms with van der Waals surface area (Å²) in [6.07, 6.45) is 4.45. The lowest BCUT2D eigenvalue weighted by Crippen LogP contribution is -1.98. The van der Waals surface area contributed by atoms with Crippen molar-refractivity contribution < 1.29 is 14.6 Å². The largest absolute Gasteiger partial charge is 0.487 e. The Morgan fingerprint density at radius 2 is 2.30 bits per heavy atom. The number of aromatic nitrogens is 2. The SMILES string of the molecule is Cn1ccc(COc2ccc(Br)c(/C=C/C(=O)O)c2)n1. The second-order valence-electron chi connectivity index (χ2n) is 4.12. The van der Waals surface area contributed by atoms with Gasteiger partial charge >= 0.3 is 5.97 Å². The number of benzene rings is 1. The minimum absolute atomic E-state index is 0.366. The molecule has 2 aromatic rings. The number of aliphatic carboxylic acids is 1. The molecule has 0 spiro atoms. The lowest BCUT2D eigenvalue weighted by atomic mass is 10.2. The van der Waals surface area contributed by atoms with Crippen LogP contribution in [0.4, 0.5) is 0 Å². The first kappa shape index (κ1) is 14.3. The number of carboxylic acid groups (broad SMARTS) is 1. The number of hydrogen-bond acceptors (Lipinski definition) is 3. The number of rotatable bonds is 5. The average molecular weight is 337 g/mol. The molecule has 0 radical (unpaired) electrons. The zero-order valence-corrected chi connectivity index (χ0v) is 12.4. The molecule has 0 fully saturated rings. The van der Waals surface area contributed by atoms with E-state index in [0.29, 0.717) is 12.4 Å². The Bertz CT molecular complexity index is 650. The van der Waals surface area contributed by atoms with E-state index in [1.165, 1.54) is 6.08 Å². The van der Waals surface area contributed by atoms with Crippen molar-refractivity contribution in [2.45, 2.75) is 6.61 Å². The van der Waals surface area contributed by atoms with Crippen LogP contribution in [0.5, 0.6) is 5.75 Å². The number of ether oxygens (including phenoxy) is 1. The molecule has 1 aromatic carbocycles. The van der Waals surface area contributed by atoms with Crippen LogP contribution in [0.1, 0.15) is 11.3 Å². The molecule has 20 heavy (non-hydrogen) atoms. The highest BCUT2D eigenvalue weighted by Gasteiger charge is 2.03. The zero-order chi connectivity index (χ0) is 14.5. The molecular weight excluding hydrogens is 324 g/mol. The third-order valence-electron chi connectivity index (χ3n) is 2.53. The molecule has 2 rings (SSSR count). The second-order valence-corrected chi connectivity index (χ2v) is 4.98. The maximum Gasteiger partial charge on any atom is 0.328 e. The maximum absolute atomic E-state index is 10.5. The minimum Gasteiger partial charge on any atom is -0.487 e. The van der Waals surface area contributed by atoms with E-state index in [4.69, 9.17) is 9.84 Å². The van der Waals surface area contributed by atoms with Crippen LogP contribution in [-0.4, -0.2) is 20.9 Å². The van der Waals surface area contributed by atoms with Gasteiger partial charge < -0.3 is 9.84 Å². The van der Waals surface area contributed by atoms with Crippen LogP contribution in [0, 0.1) is 0 Å². The van der Waals surface area contributed by atoms with E-state index in [0.717, 1.165) is 21.8 Å². The second kappa shape index (κ2) is 6.38. The molecule has 6 heteroatoms. The molecular formula is C14H13BrN2O3. The first-order valence-electron chi connectivity index (χ1n) is 5.86. The summed E-state index contributed by atoms with van der Waals surface area (Å²) < 4.78 is 8.15. The van der Waals surface area contributed by atoms with Gasteiger partial charge in [-0.25, -0.2) is 4.79 Å². The van der Waals surface area contributed by atoms with Crippen molar-refractivity contribution in [1.82, 2.24) is 9.78 Å². The molecule has 0 atom stereocenters. The Morgan fingerprint density at radius 3 is 2.95 bits per heavy atom. The number of halogens is 1. The monoisotopic (exact) mass is 336 g/mol. The number of carboxylic acids is 1. The van der Waals surface area contributed by atoms with E-state index in [1.807, 2.05) is 31.4 Å². The van der Waals surface area contributed by atoms with E-state index < -0.39 is 5.97 Å². The summed E-state index contributed by atoms with van der Waals surface area (Å²) in [5.41, 5.74) is 1.57. The first-order chi connectivity index (χ1) is 9.54. The van der Waals surface area contributed by atoms with Gasteiger partial charge in [-0.1, -0.05) is 15.9 Å². The molecule has 5 nitrogen and oxygen atoms in total. The van der Waals surface area contributed by atoms with E-state index in [-0.39, 0.29) is 0 Å². The van der Waals surface area contributed by atoms with Gasteiger partial charge in [0.15, 0.2) is 0 Å². The van der Waals surface area contributed by atoms with E-state index in [1.54, 1.807) is 10.7 Å². The molecule has 0 bridgehead atoms. The van der Waals surface area contributed by atoms with Crippen LogP contribution in [0.2, 0.25) is 0 Å². The molecule has 0 saturated carbocycles. The summed E-state index contributed by atoms with van der Waals surface area (Å²) in [5, 5.41) is 12.9. The topological polar surface area (TPSA) is 64.3 Å². The summed E-state index contributed by atoms with van der Waals surface area (Å²) in [5.74, 6) is -0.333. The fraction of sp³-hybridized carbons (Fsp3) is 0.143. The Labute approximate surface area is 124 Å². The van der Waals surface area contributed by atoms with Gasteiger partial charge in [0, 0.05) is 23.8 Å². The fourth-order valence-corrected chi connectivity index (χ4v) is 1.98. The Hall–Kier alpha value is -2.08. The normalized spacial score (nSPS) is 10.9. The molecule has 1 N–H and O–H groups in total. The summed E-state index contributed by atoms with van der Waals surface area (Å²) in [6, 6.07) is 7.27. The molecule has 0 aliphatic heterocycles. The van der Waals surface area contributed by atoms with Crippen LogP contribution < -0.4 is 4.74 Å². The van der Waals surface area contributed by atoms with Crippen molar-refractivity contribution in [3.05, 3.63) is 52.3 Å². The minimum atomic E-state index is -0.989. The molecule has 1 heterocycles. The quantitative estimate of drug-likeness (QED) is 0.852. The van der Waals surface area contributed by atoms with E-state index in [9.17, 15) is 4.79 Å². The fourth-order valence-electron chi connectivity index (χ4n) is 1.60. The van der Waals surface area contributed by atoms with Crippen LogP contribution in [-0.2, 0) is 18.4 Å². The number of nitrogens with zero attached hydrogens (tertiary/aromatic N) is 2. The first-order valence-corrected chi connectivity index (χ1v) is 6.66. The predicted octanol–water partition coefficient (Wildman–Crippen LogP) is 2.86. The van der Waals surface area contributed by atoms with Crippen molar-refractivity contribution in [1.29, 1.82) is 0 Å². The van der Waals surface area contributed by atoms with Crippen molar-refractivity contribution in [2.24, 2.45) is 7.05 Å². The highest BCUT2D eigenvalue weighted by Crippen LogP contribution is 2.24. The van der Waals surface area contributed by atoms with Gasteiger partial charge in [0.1, 0.15) is 12.4 Å². The van der Waals surface area contributed by atoms with Gasteiger partial charge in [0.25, 0.3) is 0 Å². The Morgan fingerprint density at radius 1 is 1.50 bits per heavy atom. The van der Waals surface area contributed by atoms with Crippen LogP contribution >= 0.6 is 15.9 Å². The third-order valence-corrected chi connectivity index (χ3v) is 3.25. The highest BCUT2D eigenvalue weighted by atomic mass is 79.9. The highest BCUT2D eigenvalue weighted by molar-refractivity contribution is 9.10. The number of aryl methyl sites for hydroxylation is 1. The van der Waals surface area contributed by atoms with Gasteiger partial charge in [-0.2, -0.15) is 5.10 Å². The molecule has 0 aliphatic rings. The zero-order valence-electron chi connectivity index (χ0n) is 10.8. The van der Waals surface area contributed by atoms with Gasteiger partial charge in [-0.15, -0.1) is 0 Å².